The lowest BCUT2D eigenvalue weighted by atomic mass is 9.89. The molecule has 0 bridgehead atoms. The van der Waals surface area contributed by atoms with Gasteiger partial charge in [0.05, 0.1) is 20.3 Å². The number of halogens is 1. The van der Waals surface area contributed by atoms with Crippen molar-refractivity contribution >= 4 is 5.91 Å². The fourth-order valence-corrected chi connectivity index (χ4v) is 3.14. The Bertz CT molecular complexity index is 835. The van der Waals surface area contributed by atoms with E-state index in [2.05, 4.69) is 5.32 Å². The van der Waals surface area contributed by atoms with Gasteiger partial charge in [0.25, 0.3) is 5.91 Å². The summed E-state index contributed by atoms with van der Waals surface area (Å²) in [7, 11) is 2.97. The summed E-state index contributed by atoms with van der Waals surface area (Å²) in [5, 5.41) is 2.98. The summed E-state index contributed by atoms with van der Waals surface area (Å²) in [4.78, 5) is 12.6. The summed E-state index contributed by atoms with van der Waals surface area (Å²) in [5.74, 6) is 0.537. The lowest BCUT2D eigenvalue weighted by molar-refractivity contribution is 0.0617. The molecule has 0 spiro atoms. The van der Waals surface area contributed by atoms with E-state index in [0.29, 0.717) is 17.9 Å². The van der Waals surface area contributed by atoms with Crippen LogP contribution in [0.3, 0.4) is 0 Å². The van der Waals surface area contributed by atoms with Gasteiger partial charge in [-0.1, -0.05) is 0 Å². The van der Waals surface area contributed by atoms with Crippen LogP contribution >= 0.6 is 0 Å². The number of hydrogen-bond acceptors (Lipinski definition) is 4. The molecule has 6 heteroatoms. The number of rotatable bonds is 4. The van der Waals surface area contributed by atoms with Crippen molar-refractivity contribution in [1.29, 1.82) is 0 Å². The van der Waals surface area contributed by atoms with E-state index in [0.717, 1.165) is 5.56 Å². The van der Waals surface area contributed by atoms with Crippen molar-refractivity contribution in [3.63, 3.8) is 0 Å². The second kappa shape index (κ2) is 6.86. The van der Waals surface area contributed by atoms with Crippen LogP contribution in [0.4, 0.5) is 4.39 Å². The molecular weight excluding hydrogens is 337 g/mol. The molecule has 2 aromatic rings. The molecule has 5 nitrogen and oxygen atoms in total. The molecule has 1 amide bonds. The Labute approximate surface area is 152 Å². The Morgan fingerprint density at radius 1 is 1.19 bits per heavy atom. The Morgan fingerprint density at radius 3 is 2.62 bits per heavy atom. The molecule has 1 atom stereocenters. The number of methoxy groups -OCH3 is 2. The van der Waals surface area contributed by atoms with Crippen LogP contribution in [0.25, 0.3) is 0 Å². The zero-order valence-electron chi connectivity index (χ0n) is 15.3. The van der Waals surface area contributed by atoms with E-state index < -0.39 is 11.4 Å². The second-order valence-corrected chi connectivity index (χ2v) is 6.85. The predicted octanol–water partition coefficient (Wildman–Crippen LogP) is 3.88. The van der Waals surface area contributed by atoms with E-state index in [1.54, 1.807) is 7.11 Å². The molecule has 1 aliphatic rings. The molecule has 1 aliphatic heterocycles. The summed E-state index contributed by atoms with van der Waals surface area (Å²) in [6.07, 6.45) is 0.594. The maximum atomic E-state index is 13.9. The Hall–Kier alpha value is -2.76. The van der Waals surface area contributed by atoms with Crippen LogP contribution in [-0.4, -0.2) is 25.7 Å². The van der Waals surface area contributed by atoms with Gasteiger partial charge < -0.3 is 19.5 Å². The quantitative estimate of drug-likeness (QED) is 0.900. The van der Waals surface area contributed by atoms with E-state index in [9.17, 15) is 9.18 Å². The number of carbonyl (C=O) groups excluding carboxylic acids is 1. The highest BCUT2D eigenvalue weighted by Gasteiger charge is 2.35. The zero-order chi connectivity index (χ0) is 18.9. The van der Waals surface area contributed by atoms with Gasteiger partial charge in [0.1, 0.15) is 17.1 Å². The number of amides is 1. The number of fused-ring (bicyclic) bond motifs is 1. The topological polar surface area (TPSA) is 56.8 Å². The molecule has 26 heavy (non-hydrogen) atoms. The van der Waals surface area contributed by atoms with Gasteiger partial charge in [0, 0.05) is 23.6 Å². The third-order valence-electron chi connectivity index (χ3n) is 4.40. The highest BCUT2D eigenvalue weighted by Crippen LogP contribution is 2.41. The van der Waals surface area contributed by atoms with E-state index in [1.165, 1.54) is 25.3 Å². The standard InChI is InChI=1S/C20H22FNO4/c1-20(2)11-16(14-7-6-13(24-3)10-18(14)26-20)22-19(23)12-5-8-17(25-4)15(21)9-12/h5-10,16H,11H2,1-4H3,(H,22,23). The summed E-state index contributed by atoms with van der Waals surface area (Å²) in [6, 6.07) is 9.41. The third kappa shape index (κ3) is 3.59. The van der Waals surface area contributed by atoms with Gasteiger partial charge in [-0.25, -0.2) is 4.39 Å². The van der Waals surface area contributed by atoms with Crippen LogP contribution < -0.4 is 19.5 Å². The fourth-order valence-electron chi connectivity index (χ4n) is 3.14. The first-order chi connectivity index (χ1) is 12.3. The van der Waals surface area contributed by atoms with Crippen molar-refractivity contribution in [1.82, 2.24) is 5.32 Å². The SMILES string of the molecule is COc1ccc2c(c1)OC(C)(C)CC2NC(=O)c1ccc(OC)c(F)c1. The molecule has 3 rings (SSSR count). The van der Waals surface area contributed by atoms with Crippen molar-refractivity contribution in [3.8, 4) is 17.2 Å². The Balaban J connectivity index is 1.87. The van der Waals surface area contributed by atoms with E-state index in [4.69, 9.17) is 14.2 Å². The minimum absolute atomic E-state index is 0.103. The van der Waals surface area contributed by atoms with Gasteiger partial charge in [0.2, 0.25) is 0 Å². The first-order valence-corrected chi connectivity index (χ1v) is 8.34. The van der Waals surface area contributed by atoms with Crippen LogP contribution in [-0.2, 0) is 0 Å². The number of carbonyl (C=O) groups is 1. The van der Waals surface area contributed by atoms with Crippen LogP contribution in [0.2, 0.25) is 0 Å². The summed E-state index contributed by atoms with van der Waals surface area (Å²) in [5.41, 5.74) is 0.651. The summed E-state index contributed by atoms with van der Waals surface area (Å²) >= 11 is 0. The largest absolute Gasteiger partial charge is 0.497 e. The maximum absolute atomic E-state index is 13.9. The van der Waals surface area contributed by atoms with Crippen molar-refractivity contribution in [3.05, 3.63) is 53.3 Å². The van der Waals surface area contributed by atoms with E-state index >= 15 is 0 Å². The highest BCUT2D eigenvalue weighted by atomic mass is 19.1. The molecule has 2 aromatic carbocycles. The average Bonchev–Trinajstić information content (AvgIpc) is 2.60. The van der Waals surface area contributed by atoms with E-state index in [-0.39, 0.29) is 23.3 Å². The lowest BCUT2D eigenvalue weighted by Gasteiger charge is -2.38. The van der Waals surface area contributed by atoms with Crippen molar-refractivity contribution in [2.75, 3.05) is 14.2 Å². The first kappa shape index (κ1) is 18.0. The second-order valence-electron chi connectivity index (χ2n) is 6.85. The Kier molecular flexibility index (Phi) is 4.76. The molecule has 0 saturated carbocycles. The van der Waals surface area contributed by atoms with Crippen molar-refractivity contribution in [2.45, 2.75) is 31.9 Å². The molecule has 138 valence electrons. The minimum Gasteiger partial charge on any atom is -0.497 e. The monoisotopic (exact) mass is 359 g/mol. The van der Waals surface area contributed by atoms with Crippen molar-refractivity contribution in [2.24, 2.45) is 0 Å². The smallest absolute Gasteiger partial charge is 0.251 e. The lowest BCUT2D eigenvalue weighted by Crippen LogP contribution is -2.41. The third-order valence-corrected chi connectivity index (χ3v) is 4.40. The van der Waals surface area contributed by atoms with Crippen molar-refractivity contribution < 1.29 is 23.4 Å². The number of ether oxygens (including phenoxy) is 3. The van der Waals surface area contributed by atoms with Gasteiger partial charge in [-0.15, -0.1) is 0 Å². The maximum Gasteiger partial charge on any atom is 0.251 e. The molecule has 1 N–H and O–H groups in total. The fraction of sp³-hybridized carbons (Fsp3) is 0.350. The normalized spacial score (nSPS) is 17.7. The van der Waals surface area contributed by atoms with Crippen LogP contribution in [0.15, 0.2) is 36.4 Å². The minimum atomic E-state index is -0.572. The zero-order valence-corrected chi connectivity index (χ0v) is 15.3. The molecular formula is C20H22FNO4. The van der Waals surface area contributed by atoms with Crippen LogP contribution in [0.1, 0.15) is 42.2 Å². The van der Waals surface area contributed by atoms with Crippen LogP contribution in [0, 0.1) is 5.82 Å². The van der Waals surface area contributed by atoms with E-state index in [1.807, 2.05) is 32.0 Å². The summed E-state index contributed by atoms with van der Waals surface area (Å²) < 4.78 is 30.1. The molecule has 0 aromatic heterocycles. The molecule has 0 saturated heterocycles. The molecule has 0 aliphatic carbocycles. The first-order valence-electron chi connectivity index (χ1n) is 8.34. The summed E-state index contributed by atoms with van der Waals surface area (Å²) in [6.45, 7) is 3.92. The number of nitrogens with one attached hydrogen (secondary N) is 1. The molecule has 1 unspecified atom stereocenters. The average molecular weight is 359 g/mol. The highest BCUT2D eigenvalue weighted by molar-refractivity contribution is 5.94. The number of hydrogen-bond donors (Lipinski definition) is 1. The predicted molar refractivity (Wildman–Crippen MR) is 95.5 cm³/mol. The molecule has 1 heterocycles. The molecule has 0 radical (unpaired) electrons. The van der Waals surface area contributed by atoms with Gasteiger partial charge in [-0.05, 0) is 44.2 Å². The van der Waals surface area contributed by atoms with Gasteiger partial charge in [-0.2, -0.15) is 0 Å². The molecule has 0 fully saturated rings. The van der Waals surface area contributed by atoms with Gasteiger partial charge >= 0.3 is 0 Å². The van der Waals surface area contributed by atoms with Gasteiger partial charge in [-0.3, -0.25) is 4.79 Å². The van der Waals surface area contributed by atoms with Crippen LogP contribution in [0.5, 0.6) is 17.2 Å². The Morgan fingerprint density at radius 2 is 1.96 bits per heavy atom. The number of benzene rings is 2. The van der Waals surface area contributed by atoms with Gasteiger partial charge in [0.15, 0.2) is 11.6 Å².